The van der Waals surface area contributed by atoms with Crippen LogP contribution in [0.3, 0.4) is 0 Å². The average molecular weight is 702 g/mol. The van der Waals surface area contributed by atoms with E-state index in [1.807, 2.05) is 33.8 Å². The lowest BCUT2D eigenvalue weighted by molar-refractivity contribution is -0.141. The summed E-state index contributed by atoms with van der Waals surface area (Å²) in [6.45, 7) is 12.2. The molecule has 1 unspecified atom stereocenters. The number of halogens is 1. The van der Waals surface area contributed by atoms with Gasteiger partial charge < -0.3 is 39.6 Å². The van der Waals surface area contributed by atoms with Crippen molar-refractivity contribution in [2.24, 2.45) is 23.0 Å². The van der Waals surface area contributed by atoms with Crippen LogP contribution in [0, 0.1) is 17.3 Å². The average Bonchev–Trinajstić information content (AvgIpc) is 3.43. The Hall–Kier alpha value is -3.55. The van der Waals surface area contributed by atoms with E-state index in [4.69, 9.17) is 41.0 Å². The van der Waals surface area contributed by atoms with Gasteiger partial charge in [-0.2, -0.15) is 0 Å². The highest BCUT2D eigenvalue weighted by Crippen LogP contribution is 2.52. The Kier molecular flexibility index (Phi) is 10.6. The summed E-state index contributed by atoms with van der Waals surface area (Å²) in [5, 5.41) is 3.74. The molecular weight excluding hydrogens is 654 g/mol. The minimum atomic E-state index is -0.955. The number of pyridine rings is 1. The number of fused-ring (bicyclic) bond motifs is 2. The fraction of sp³-hybridized carbons (Fsp3) is 0.657. The molecule has 0 spiro atoms. The number of hydrogen-bond donors (Lipinski definition) is 2. The summed E-state index contributed by atoms with van der Waals surface area (Å²) in [7, 11) is 0. The van der Waals surface area contributed by atoms with E-state index in [0.29, 0.717) is 71.6 Å². The van der Waals surface area contributed by atoms with Crippen LogP contribution in [0.15, 0.2) is 18.2 Å². The molecule has 3 amide bonds. The van der Waals surface area contributed by atoms with Crippen molar-refractivity contribution in [1.82, 2.24) is 20.1 Å². The molecule has 2 saturated heterocycles. The summed E-state index contributed by atoms with van der Waals surface area (Å²) in [6.07, 6.45) is 1.74. The molecule has 3 N–H and O–H groups in total. The fourth-order valence-electron chi connectivity index (χ4n) is 7.18. The molecule has 4 fully saturated rings. The molecule has 6 atom stereocenters. The molecule has 0 radical (unpaired) electrons. The minimum Gasteiger partial charge on any atom is -0.491 e. The molecule has 2 saturated carbocycles. The van der Waals surface area contributed by atoms with E-state index in [1.54, 1.807) is 12.1 Å². The molecule has 6 rings (SSSR count). The van der Waals surface area contributed by atoms with Crippen molar-refractivity contribution in [3.05, 3.63) is 23.2 Å². The number of likely N-dealkylation sites (tertiary alicyclic amines) is 1. The smallest absolute Gasteiger partial charge is 0.408 e. The third-order valence-electron chi connectivity index (χ3n) is 9.90. The van der Waals surface area contributed by atoms with Gasteiger partial charge in [0.15, 0.2) is 0 Å². The maximum atomic E-state index is 14.1. The largest absolute Gasteiger partial charge is 0.491 e. The Morgan fingerprint density at radius 3 is 2.47 bits per heavy atom. The Morgan fingerprint density at radius 1 is 1.06 bits per heavy atom. The molecule has 2 aliphatic carbocycles. The van der Waals surface area contributed by atoms with Crippen molar-refractivity contribution in [1.29, 1.82) is 0 Å². The number of nitrogens with two attached hydrogens (primary N) is 1. The SMILES string of the molecule is CCOc1cc(O[C@@H]2C[C@@H](C(N)=O)N(C(=O)[C@@H](NC(=O)OC3C[C@@H]4C[C@@H]4C3)C(C)(C)C)C2)c2ccc(OCCN3CCOCC3)c(Cl)c2n1. The van der Waals surface area contributed by atoms with E-state index in [2.05, 4.69) is 15.2 Å². The zero-order chi connectivity index (χ0) is 34.9. The number of carbonyl (C=O) groups is 3. The Labute approximate surface area is 292 Å². The second kappa shape index (κ2) is 14.7. The highest BCUT2D eigenvalue weighted by atomic mass is 35.5. The number of alkyl carbamates (subject to hydrolysis) is 1. The number of aromatic nitrogens is 1. The van der Waals surface area contributed by atoms with Gasteiger partial charge in [0.1, 0.15) is 52.9 Å². The third-order valence-corrected chi connectivity index (χ3v) is 10.3. The molecule has 0 bridgehead atoms. The number of primary amides is 1. The van der Waals surface area contributed by atoms with Crippen LogP contribution < -0.4 is 25.3 Å². The molecule has 2 aliphatic heterocycles. The molecule has 4 aliphatic rings. The van der Waals surface area contributed by atoms with Gasteiger partial charge in [0.2, 0.25) is 17.7 Å². The third kappa shape index (κ3) is 8.26. The van der Waals surface area contributed by atoms with Crippen LogP contribution in [0.4, 0.5) is 4.79 Å². The van der Waals surface area contributed by atoms with Crippen molar-refractivity contribution in [2.75, 3.05) is 52.6 Å². The van der Waals surface area contributed by atoms with Gasteiger partial charge in [-0.25, -0.2) is 9.78 Å². The second-order valence-electron chi connectivity index (χ2n) is 14.6. The maximum Gasteiger partial charge on any atom is 0.408 e. The molecular formula is C35H48ClN5O8. The number of hydrogen-bond acceptors (Lipinski definition) is 10. The predicted molar refractivity (Wildman–Crippen MR) is 182 cm³/mol. The first kappa shape index (κ1) is 35.3. The van der Waals surface area contributed by atoms with Crippen LogP contribution in [0.5, 0.6) is 17.4 Å². The Bertz CT molecular complexity index is 1540. The van der Waals surface area contributed by atoms with Crippen LogP contribution in [0.2, 0.25) is 5.02 Å². The van der Waals surface area contributed by atoms with E-state index in [9.17, 15) is 14.4 Å². The fourth-order valence-corrected chi connectivity index (χ4v) is 7.44. The van der Waals surface area contributed by atoms with Crippen molar-refractivity contribution in [3.63, 3.8) is 0 Å². The number of rotatable bonds is 12. The van der Waals surface area contributed by atoms with Gasteiger partial charge >= 0.3 is 6.09 Å². The Balaban J connectivity index is 1.17. The summed E-state index contributed by atoms with van der Waals surface area (Å²) in [6, 6.07) is 3.39. The van der Waals surface area contributed by atoms with Crippen molar-refractivity contribution < 1.29 is 38.1 Å². The summed E-state index contributed by atoms with van der Waals surface area (Å²) in [5.41, 5.74) is 5.59. The lowest BCUT2D eigenvalue weighted by atomic mass is 9.85. The van der Waals surface area contributed by atoms with E-state index in [-0.39, 0.29) is 19.1 Å². The van der Waals surface area contributed by atoms with Crippen molar-refractivity contribution >= 4 is 40.4 Å². The molecule has 13 nitrogen and oxygen atoms in total. The zero-order valence-electron chi connectivity index (χ0n) is 28.7. The lowest BCUT2D eigenvalue weighted by Gasteiger charge is -2.35. The summed E-state index contributed by atoms with van der Waals surface area (Å²) in [5.74, 6) is 1.45. The zero-order valence-corrected chi connectivity index (χ0v) is 29.5. The highest BCUT2D eigenvalue weighted by molar-refractivity contribution is 6.36. The minimum absolute atomic E-state index is 0.0754. The highest BCUT2D eigenvalue weighted by Gasteiger charge is 2.48. The quantitative estimate of drug-likeness (QED) is 0.334. The summed E-state index contributed by atoms with van der Waals surface area (Å²) < 4.78 is 29.4. The number of benzene rings is 1. The van der Waals surface area contributed by atoms with Crippen LogP contribution >= 0.6 is 11.6 Å². The monoisotopic (exact) mass is 701 g/mol. The molecule has 49 heavy (non-hydrogen) atoms. The second-order valence-corrected chi connectivity index (χ2v) is 14.9. The van der Waals surface area contributed by atoms with Crippen molar-refractivity contribution in [3.8, 4) is 17.4 Å². The van der Waals surface area contributed by atoms with Gasteiger partial charge in [0.05, 0.1) is 26.4 Å². The standard InChI is InChI=1S/C35H48ClN5O8/c1-5-46-28-18-27(24-6-7-26(29(36)30(24)38-28)47-13-10-40-8-11-45-12-9-40)48-23-17-25(32(37)42)41(19-23)33(43)31(35(2,3)4)39-34(44)49-22-15-20-14-21(20)16-22/h6-7,18,20-23,25,31H,5,8-17,19H2,1-4H3,(H2,37,42)(H,39,44)/t20-,21+,22?,23-,25+,31-/m1/s1. The predicted octanol–water partition coefficient (Wildman–Crippen LogP) is 3.77. The summed E-state index contributed by atoms with van der Waals surface area (Å²) in [4.78, 5) is 48.0. The molecule has 268 valence electrons. The number of nitrogens with one attached hydrogen (secondary N) is 1. The van der Waals surface area contributed by atoms with Crippen LogP contribution in [-0.2, 0) is 19.1 Å². The van der Waals surface area contributed by atoms with E-state index in [0.717, 1.165) is 32.5 Å². The first-order chi connectivity index (χ1) is 23.4. The maximum absolute atomic E-state index is 14.1. The first-order valence-corrected chi connectivity index (χ1v) is 17.7. The van der Waals surface area contributed by atoms with Gasteiger partial charge in [-0.3, -0.25) is 14.5 Å². The number of amides is 3. The van der Waals surface area contributed by atoms with Crippen molar-refractivity contribution in [2.45, 2.75) is 77.7 Å². The van der Waals surface area contributed by atoms with E-state index in [1.165, 1.54) is 11.3 Å². The van der Waals surface area contributed by atoms with Gasteiger partial charge in [0, 0.05) is 37.5 Å². The van der Waals surface area contributed by atoms with Crippen LogP contribution in [0.25, 0.3) is 10.9 Å². The van der Waals surface area contributed by atoms with Crippen LogP contribution in [0.1, 0.15) is 53.4 Å². The topological polar surface area (TPSA) is 155 Å². The molecule has 14 heteroatoms. The van der Waals surface area contributed by atoms with Gasteiger partial charge in [-0.15, -0.1) is 0 Å². The van der Waals surface area contributed by atoms with Gasteiger partial charge in [-0.1, -0.05) is 32.4 Å². The summed E-state index contributed by atoms with van der Waals surface area (Å²) >= 11 is 6.84. The number of carbonyl (C=O) groups excluding carboxylic acids is 3. The number of morpholine rings is 1. The van der Waals surface area contributed by atoms with Crippen LogP contribution in [-0.4, -0.2) is 110 Å². The Morgan fingerprint density at radius 2 is 1.80 bits per heavy atom. The first-order valence-electron chi connectivity index (χ1n) is 17.3. The van der Waals surface area contributed by atoms with Gasteiger partial charge in [0.25, 0.3) is 0 Å². The van der Waals surface area contributed by atoms with E-state index >= 15 is 0 Å². The molecule has 3 heterocycles. The number of nitrogens with zero attached hydrogens (tertiary/aromatic N) is 3. The normalized spacial score (nSPS) is 25.8. The van der Waals surface area contributed by atoms with E-state index < -0.39 is 41.5 Å². The number of ether oxygens (including phenoxy) is 5. The lowest BCUT2D eigenvalue weighted by Crippen LogP contribution is -2.57. The van der Waals surface area contributed by atoms with Gasteiger partial charge in [-0.05, 0) is 55.6 Å². The molecule has 1 aromatic carbocycles. The molecule has 1 aromatic heterocycles. The molecule has 2 aromatic rings.